The van der Waals surface area contributed by atoms with E-state index in [9.17, 15) is 43.5 Å². The molecule has 466 valence electrons. The number of ether oxygens (including phenoxy) is 3. The topological polar surface area (TPSA) is 231 Å². The van der Waals surface area contributed by atoms with Crippen LogP contribution in [-0.4, -0.2) is 95.9 Å². The second kappa shape index (κ2) is 56.9. The van der Waals surface area contributed by atoms with Crippen molar-refractivity contribution in [1.29, 1.82) is 0 Å². The molecule has 0 aliphatic carbocycles. The van der Waals surface area contributed by atoms with Gasteiger partial charge in [-0.15, -0.1) is 0 Å². The molecule has 4 N–H and O–H groups in total. The largest absolute Gasteiger partial charge is 0.472 e. The maximum Gasteiger partial charge on any atom is 0.472 e. The second-order valence-electron chi connectivity index (χ2n) is 20.1. The van der Waals surface area contributed by atoms with Crippen LogP contribution in [0.15, 0.2) is 97.2 Å². The number of rotatable bonds is 57. The Morgan fingerprint density at radius 3 is 1.04 bits per heavy atom. The standard InChI is InChI=1S/C63H108O16P2/c1-4-7-10-13-16-19-22-24-26-28-30-32-35-37-40-43-46-49-61(66)73-52-58(64)53-75-80(69,70)76-54-59(65)55-77-81(71,72)78-57-60(79-63(68)51-48-45-42-39-34-21-18-15-12-9-6-3)56-74-62(67)50-47-44-41-38-36-33-31-29-27-25-23-20-17-14-11-8-5-2/h7-8,10-11,16-17,19-20,24-27,30-33,58-60,64-65H,4-6,9,12-15,18,21-23,28-29,34-57H2,1-3H3,(H,69,70)(H,71,72)/b10-7-,11-8-,19-16-,20-17-,26-24-,27-25-,32-30-,33-31-. The van der Waals surface area contributed by atoms with Crippen molar-refractivity contribution in [3.05, 3.63) is 97.2 Å². The van der Waals surface area contributed by atoms with Crippen molar-refractivity contribution < 1.29 is 75.8 Å². The first-order valence-electron chi connectivity index (χ1n) is 30.5. The van der Waals surface area contributed by atoms with Crippen molar-refractivity contribution in [3.63, 3.8) is 0 Å². The number of esters is 3. The molecule has 0 spiro atoms. The van der Waals surface area contributed by atoms with Gasteiger partial charge in [-0.05, 0) is 96.3 Å². The lowest BCUT2D eigenvalue weighted by atomic mass is 10.1. The number of unbranched alkanes of at least 4 members (excludes halogenated alkanes) is 18. The van der Waals surface area contributed by atoms with Crippen LogP contribution in [-0.2, 0) is 55.8 Å². The van der Waals surface area contributed by atoms with Crippen LogP contribution in [0.5, 0.6) is 0 Å². The van der Waals surface area contributed by atoms with Gasteiger partial charge in [0.1, 0.15) is 25.4 Å². The summed E-state index contributed by atoms with van der Waals surface area (Å²) in [5, 5.41) is 20.5. The molecule has 0 aromatic heterocycles. The van der Waals surface area contributed by atoms with Gasteiger partial charge >= 0.3 is 33.6 Å². The highest BCUT2D eigenvalue weighted by Crippen LogP contribution is 2.45. The maximum absolute atomic E-state index is 12.8. The third kappa shape index (κ3) is 58.1. The van der Waals surface area contributed by atoms with Gasteiger partial charge < -0.3 is 34.2 Å². The van der Waals surface area contributed by atoms with Gasteiger partial charge in [-0.1, -0.05) is 208 Å². The van der Waals surface area contributed by atoms with Gasteiger partial charge in [-0.25, -0.2) is 9.13 Å². The first kappa shape index (κ1) is 77.5. The Morgan fingerprint density at radius 1 is 0.358 bits per heavy atom. The van der Waals surface area contributed by atoms with Crippen LogP contribution in [0.4, 0.5) is 0 Å². The minimum atomic E-state index is -4.92. The van der Waals surface area contributed by atoms with Gasteiger partial charge in [0.2, 0.25) is 0 Å². The maximum atomic E-state index is 12.8. The molecule has 0 heterocycles. The van der Waals surface area contributed by atoms with E-state index in [2.05, 4.69) is 118 Å². The molecule has 5 atom stereocenters. The van der Waals surface area contributed by atoms with E-state index in [1.165, 1.54) is 38.5 Å². The Morgan fingerprint density at radius 2 is 0.654 bits per heavy atom. The van der Waals surface area contributed by atoms with Crippen LogP contribution in [0.3, 0.4) is 0 Å². The number of phosphoric acid groups is 2. The molecule has 81 heavy (non-hydrogen) atoms. The Kier molecular flexibility index (Phi) is 54.4. The molecule has 0 aromatic rings. The molecule has 0 rings (SSSR count). The number of phosphoric ester groups is 2. The monoisotopic (exact) mass is 1180 g/mol. The van der Waals surface area contributed by atoms with E-state index in [0.717, 1.165) is 128 Å². The smallest absolute Gasteiger partial charge is 0.463 e. The Bertz CT molecular complexity index is 1870. The van der Waals surface area contributed by atoms with Crippen molar-refractivity contribution in [3.8, 4) is 0 Å². The molecule has 0 saturated carbocycles. The zero-order valence-electron chi connectivity index (χ0n) is 49.9. The van der Waals surface area contributed by atoms with Gasteiger partial charge in [-0.2, -0.15) is 0 Å². The summed E-state index contributed by atoms with van der Waals surface area (Å²) < 4.78 is 60.6. The summed E-state index contributed by atoms with van der Waals surface area (Å²) in [6, 6.07) is 0. The number of hydrogen-bond acceptors (Lipinski definition) is 14. The normalized spacial score (nSPS) is 15.1. The van der Waals surface area contributed by atoms with Crippen LogP contribution in [0.25, 0.3) is 0 Å². The molecule has 16 nitrogen and oxygen atoms in total. The SMILES string of the molecule is CC/C=C\C/C=C\C/C=C\C/C=C\CCCCCCC(=O)OCC(O)COP(=O)(O)OCC(O)COP(=O)(O)OCC(COC(=O)CCCCCC/C=C\C/C=C\C/C=C\C/C=C\CC)OC(=O)CCCCCCCCCCCCC. The van der Waals surface area contributed by atoms with Gasteiger partial charge in [0, 0.05) is 19.3 Å². The van der Waals surface area contributed by atoms with Crippen molar-refractivity contribution in [2.24, 2.45) is 0 Å². The van der Waals surface area contributed by atoms with Crippen molar-refractivity contribution in [2.75, 3.05) is 39.6 Å². The van der Waals surface area contributed by atoms with Crippen LogP contribution < -0.4 is 0 Å². The highest BCUT2D eigenvalue weighted by molar-refractivity contribution is 7.47. The Hall–Kier alpha value is -3.53. The summed E-state index contributed by atoms with van der Waals surface area (Å²) in [6.45, 7) is 2.34. The average molecular weight is 1180 g/mol. The van der Waals surface area contributed by atoms with Crippen molar-refractivity contribution in [1.82, 2.24) is 0 Å². The zero-order valence-corrected chi connectivity index (χ0v) is 51.7. The number of allylic oxidation sites excluding steroid dienone is 16. The summed E-state index contributed by atoms with van der Waals surface area (Å²) in [5.41, 5.74) is 0. The first-order valence-corrected chi connectivity index (χ1v) is 33.5. The van der Waals surface area contributed by atoms with E-state index < -0.39 is 91.5 Å². The van der Waals surface area contributed by atoms with E-state index in [4.69, 9.17) is 32.3 Å². The molecule has 0 fully saturated rings. The lowest BCUT2D eigenvalue weighted by Crippen LogP contribution is -2.30. The van der Waals surface area contributed by atoms with Gasteiger partial charge in [-0.3, -0.25) is 32.5 Å². The average Bonchev–Trinajstić information content (AvgIpc) is 3.44. The van der Waals surface area contributed by atoms with Crippen molar-refractivity contribution in [2.45, 2.75) is 245 Å². The van der Waals surface area contributed by atoms with Gasteiger partial charge in [0.05, 0.1) is 26.4 Å². The molecule has 0 amide bonds. The molecule has 0 saturated heterocycles. The number of aliphatic hydroxyl groups excluding tert-OH is 2. The van der Waals surface area contributed by atoms with E-state index in [0.29, 0.717) is 19.3 Å². The quantitative estimate of drug-likeness (QED) is 0.0146. The molecule has 0 radical (unpaired) electrons. The molecule has 0 aliphatic rings. The Balaban J connectivity index is 4.69. The lowest BCUT2D eigenvalue weighted by molar-refractivity contribution is -0.161. The fraction of sp³-hybridized carbons (Fsp3) is 0.698. The van der Waals surface area contributed by atoms with E-state index in [1.807, 2.05) is 0 Å². The molecular formula is C63H108O16P2. The summed E-state index contributed by atoms with van der Waals surface area (Å²) >= 11 is 0. The summed E-state index contributed by atoms with van der Waals surface area (Å²) in [5.74, 6) is -1.63. The van der Waals surface area contributed by atoms with Gasteiger partial charge in [0.15, 0.2) is 6.10 Å². The minimum Gasteiger partial charge on any atom is -0.463 e. The fourth-order valence-electron chi connectivity index (χ4n) is 7.67. The molecule has 0 aromatic carbocycles. The van der Waals surface area contributed by atoms with E-state index >= 15 is 0 Å². The predicted molar refractivity (Wildman–Crippen MR) is 325 cm³/mol. The number of aliphatic hydroxyl groups is 2. The minimum absolute atomic E-state index is 0.0992. The van der Waals surface area contributed by atoms with Crippen LogP contribution in [0.1, 0.15) is 226 Å². The third-order valence-electron chi connectivity index (χ3n) is 12.3. The van der Waals surface area contributed by atoms with Crippen LogP contribution in [0.2, 0.25) is 0 Å². The lowest BCUT2D eigenvalue weighted by Gasteiger charge is -2.21. The van der Waals surface area contributed by atoms with Crippen LogP contribution in [0, 0.1) is 0 Å². The van der Waals surface area contributed by atoms with E-state index in [-0.39, 0.29) is 19.3 Å². The highest BCUT2D eigenvalue weighted by atomic mass is 31.2. The third-order valence-corrected chi connectivity index (χ3v) is 14.2. The number of carbonyl (C=O) groups excluding carboxylic acids is 3. The zero-order chi connectivity index (χ0) is 59.6. The summed E-state index contributed by atoms with van der Waals surface area (Å²) in [4.78, 5) is 58.1. The van der Waals surface area contributed by atoms with Gasteiger partial charge in [0.25, 0.3) is 0 Å². The first-order chi connectivity index (χ1) is 39.2. The fourth-order valence-corrected chi connectivity index (χ4v) is 9.25. The number of carbonyl (C=O) groups is 3. The molecule has 18 heteroatoms. The molecule has 5 unspecified atom stereocenters. The summed E-state index contributed by atoms with van der Waals surface area (Å²) in [6.07, 6.45) is 59.1. The molecule has 0 aliphatic heterocycles. The van der Waals surface area contributed by atoms with E-state index in [1.54, 1.807) is 0 Å². The highest BCUT2D eigenvalue weighted by Gasteiger charge is 2.29. The Labute approximate surface area is 488 Å². The van der Waals surface area contributed by atoms with Crippen molar-refractivity contribution >= 4 is 33.6 Å². The molecular weight excluding hydrogens is 1070 g/mol. The number of hydrogen-bond donors (Lipinski definition) is 4. The second-order valence-corrected chi connectivity index (χ2v) is 23.0. The molecule has 0 bridgehead atoms. The predicted octanol–water partition coefficient (Wildman–Crippen LogP) is 16.0. The van der Waals surface area contributed by atoms with Crippen LogP contribution >= 0.6 is 15.6 Å². The summed E-state index contributed by atoms with van der Waals surface area (Å²) in [7, 11) is -9.77.